The first-order valence-electron chi connectivity index (χ1n) is 37.0. The molecule has 0 rings (SSSR count). The summed E-state index contributed by atoms with van der Waals surface area (Å²) in [6.45, 7) is 5.44. The molecule has 0 aromatic rings. The number of hydrogen-bond acceptors (Lipinski definition) is 12. The van der Waals surface area contributed by atoms with Crippen LogP contribution in [0.2, 0.25) is 0 Å². The minimum Gasteiger partial charge on any atom is -0.394 e. The van der Waals surface area contributed by atoms with E-state index in [-0.39, 0.29) is 37.2 Å². The third-order valence-electron chi connectivity index (χ3n) is 17.8. The molecule has 0 spiro atoms. The Hall–Kier alpha value is -1.10. The van der Waals surface area contributed by atoms with Crippen LogP contribution in [-0.4, -0.2) is 80.2 Å². The molecule has 86 heavy (non-hydrogen) atoms. The number of aliphatic hydroxyl groups is 4. The SMILES string of the molecule is CCCCCCCCCCCCCCCC(=O)CC(CO)OP(=O)(C(=O)CCCCCCCCCCCCCCC)C(O)(CO)P(=O)(OC(CO)CC(=O)CCCCCCCCCCCCCCC)C(=O)CCCCCCCCCCCCCCC. The summed E-state index contributed by atoms with van der Waals surface area (Å²) in [7, 11) is -11.2. The fraction of sp³-hybridized carbons (Fsp3) is 0.944. The van der Waals surface area contributed by atoms with Crippen LogP contribution in [0.15, 0.2) is 0 Å². The van der Waals surface area contributed by atoms with E-state index in [2.05, 4.69) is 27.7 Å². The van der Waals surface area contributed by atoms with Crippen LogP contribution in [0.4, 0.5) is 0 Å². The molecule has 0 amide bonds. The van der Waals surface area contributed by atoms with Crippen molar-refractivity contribution in [3.8, 4) is 0 Å². The lowest BCUT2D eigenvalue weighted by molar-refractivity contribution is -0.122. The Morgan fingerprint density at radius 3 is 0.651 bits per heavy atom. The Labute approximate surface area is 529 Å². The molecule has 510 valence electrons. The van der Waals surface area contributed by atoms with E-state index in [4.69, 9.17) is 9.05 Å². The summed E-state index contributed by atoms with van der Waals surface area (Å²) in [6, 6.07) is 0. The highest BCUT2D eigenvalue weighted by Gasteiger charge is 2.68. The summed E-state index contributed by atoms with van der Waals surface area (Å²) >= 11 is 0. The van der Waals surface area contributed by atoms with Gasteiger partial charge in [0.15, 0.2) is 0 Å². The van der Waals surface area contributed by atoms with Crippen molar-refractivity contribution < 1.29 is 57.8 Å². The standard InChI is InChI=1S/C72H140O12P2/c1-5-9-13-17-21-25-29-33-37-41-45-49-53-57-66(76)61-68(63-73)83-85(81,70(78)59-55-51-47-43-39-35-31-27-23-19-15-11-7-3)72(80,65-75)86(82,71(79)60-56-52-48-44-40-36-32-28-24-20-16-12-8-4)84-69(64-74)62-67(77)58-54-50-46-42-38-34-30-26-22-18-14-10-6-2/h68-69,73-75,80H,5-65H2,1-4H3. The van der Waals surface area contributed by atoms with E-state index in [1.807, 2.05) is 0 Å². The van der Waals surface area contributed by atoms with Crippen molar-refractivity contribution in [2.45, 2.75) is 417 Å². The Kier molecular flexibility index (Phi) is 59.4. The van der Waals surface area contributed by atoms with Gasteiger partial charge in [-0.15, -0.1) is 0 Å². The minimum absolute atomic E-state index is 0.143. The molecule has 0 bridgehead atoms. The molecule has 0 aromatic carbocycles. The molecule has 0 aliphatic heterocycles. The summed E-state index contributed by atoms with van der Waals surface area (Å²) in [5.74, 6) is -0.647. The van der Waals surface area contributed by atoms with Crippen LogP contribution < -0.4 is 0 Å². The van der Waals surface area contributed by atoms with Crippen LogP contribution in [-0.2, 0) is 37.4 Å². The highest BCUT2D eigenvalue weighted by atomic mass is 31.2. The van der Waals surface area contributed by atoms with Gasteiger partial charge in [0.25, 0.3) is 5.08 Å². The van der Waals surface area contributed by atoms with Gasteiger partial charge in [-0.2, -0.15) is 0 Å². The molecule has 0 saturated heterocycles. The summed E-state index contributed by atoms with van der Waals surface area (Å²) < 4.78 is 43.6. The molecule has 4 unspecified atom stereocenters. The van der Waals surface area contributed by atoms with E-state index < -0.39 is 88.6 Å². The van der Waals surface area contributed by atoms with Crippen LogP contribution in [0.1, 0.15) is 400 Å². The fourth-order valence-corrected chi connectivity index (χ4v) is 18.1. The lowest BCUT2D eigenvalue weighted by atomic mass is 10.0. The summed E-state index contributed by atoms with van der Waals surface area (Å²) in [5, 5.41) is 42.0. The number of carbonyl (C=O) groups excluding carboxylic acids is 4. The Balaban J connectivity index is 6.40. The zero-order valence-electron chi connectivity index (χ0n) is 56.7. The molecule has 4 atom stereocenters. The topological polar surface area (TPSA) is 202 Å². The maximum atomic E-state index is 15.8. The third-order valence-corrected chi connectivity index (χ3v) is 24.5. The second kappa shape index (κ2) is 60.2. The van der Waals surface area contributed by atoms with Crippen molar-refractivity contribution >= 4 is 37.4 Å². The fourth-order valence-electron chi connectivity index (χ4n) is 12.0. The minimum atomic E-state index is -5.62. The normalized spacial score (nSPS) is 14.7. The van der Waals surface area contributed by atoms with E-state index in [0.717, 1.165) is 103 Å². The van der Waals surface area contributed by atoms with Crippen molar-refractivity contribution in [3.05, 3.63) is 0 Å². The summed E-state index contributed by atoms with van der Waals surface area (Å²) in [4.78, 5) is 56.4. The second-order valence-corrected chi connectivity index (χ2v) is 31.6. The van der Waals surface area contributed by atoms with Gasteiger partial charge < -0.3 is 29.5 Å². The van der Waals surface area contributed by atoms with E-state index in [9.17, 15) is 39.6 Å². The van der Waals surface area contributed by atoms with Gasteiger partial charge in [0.05, 0.1) is 32.0 Å². The van der Waals surface area contributed by atoms with E-state index in [0.29, 0.717) is 25.7 Å². The molecule has 14 heteroatoms. The molecule has 0 saturated carbocycles. The first-order valence-corrected chi connectivity index (χ1v) is 40.3. The first-order chi connectivity index (χ1) is 41.8. The van der Waals surface area contributed by atoms with Crippen LogP contribution >= 0.6 is 14.7 Å². The maximum absolute atomic E-state index is 15.8. The lowest BCUT2D eigenvalue weighted by Crippen LogP contribution is -2.42. The van der Waals surface area contributed by atoms with Crippen LogP contribution in [0.5, 0.6) is 0 Å². The van der Waals surface area contributed by atoms with Gasteiger partial charge in [-0.05, 0) is 25.7 Å². The zero-order valence-corrected chi connectivity index (χ0v) is 58.5. The smallest absolute Gasteiger partial charge is 0.310 e. The first kappa shape index (κ1) is 84.9. The van der Waals surface area contributed by atoms with Crippen LogP contribution in [0, 0.1) is 0 Å². The summed E-state index contributed by atoms with van der Waals surface area (Å²) in [5.41, 5.74) is -2.37. The molecule has 12 nitrogen and oxygen atoms in total. The molecule has 0 aliphatic rings. The average molecular weight is 1260 g/mol. The molecule has 4 N–H and O–H groups in total. The Bertz CT molecular complexity index is 1560. The van der Waals surface area contributed by atoms with Gasteiger partial charge in [0.1, 0.15) is 11.6 Å². The molecule has 0 fully saturated rings. The third kappa shape index (κ3) is 42.9. The van der Waals surface area contributed by atoms with Crippen LogP contribution in [0.3, 0.4) is 0 Å². The lowest BCUT2D eigenvalue weighted by Gasteiger charge is -2.40. The predicted molar refractivity (Wildman–Crippen MR) is 362 cm³/mol. The van der Waals surface area contributed by atoms with Crippen molar-refractivity contribution in [2.24, 2.45) is 0 Å². The van der Waals surface area contributed by atoms with E-state index in [1.165, 1.54) is 193 Å². The Morgan fingerprint density at radius 2 is 0.477 bits per heavy atom. The van der Waals surface area contributed by atoms with Crippen molar-refractivity contribution in [1.29, 1.82) is 0 Å². The highest BCUT2D eigenvalue weighted by molar-refractivity contribution is 7.93. The number of hydrogen-bond donors (Lipinski definition) is 4. The molecule has 0 radical (unpaired) electrons. The van der Waals surface area contributed by atoms with Crippen molar-refractivity contribution in [1.82, 2.24) is 0 Å². The van der Waals surface area contributed by atoms with Crippen molar-refractivity contribution in [3.63, 3.8) is 0 Å². The van der Waals surface area contributed by atoms with E-state index >= 15 is 9.13 Å². The molecular weight excluding hydrogens is 1120 g/mol. The number of aliphatic hydroxyl groups excluding tert-OH is 3. The van der Waals surface area contributed by atoms with Gasteiger partial charge in [-0.3, -0.25) is 28.3 Å². The monoisotopic (exact) mass is 1260 g/mol. The summed E-state index contributed by atoms with van der Waals surface area (Å²) in [6.07, 6.45) is 51.5. The predicted octanol–water partition coefficient (Wildman–Crippen LogP) is 21.8. The molecular formula is C72H140O12P2. The number of rotatable bonds is 71. The average Bonchev–Trinajstić information content (AvgIpc) is 1.01. The van der Waals surface area contributed by atoms with Gasteiger partial charge in [-0.1, -0.05) is 336 Å². The number of carbonyl (C=O) groups is 4. The quantitative estimate of drug-likeness (QED) is 0.0332. The highest BCUT2D eigenvalue weighted by Crippen LogP contribution is 2.77. The second-order valence-electron chi connectivity index (χ2n) is 26.1. The zero-order chi connectivity index (χ0) is 63.5. The van der Waals surface area contributed by atoms with Gasteiger partial charge in [0, 0.05) is 38.5 Å². The number of Topliss-reactive ketones (excluding diaryl/α,β-unsaturated/α-hetero) is 2. The Morgan fingerprint density at radius 1 is 0.302 bits per heavy atom. The molecule has 0 aliphatic carbocycles. The molecule has 0 aromatic heterocycles. The van der Waals surface area contributed by atoms with Crippen LogP contribution in [0.25, 0.3) is 0 Å². The largest absolute Gasteiger partial charge is 0.394 e. The molecule has 0 heterocycles. The van der Waals surface area contributed by atoms with Gasteiger partial charge >= 0.3 is 14.7 Å². The number of ketones is 2. The maximum Gasteiger partial charge on any atom is 0.310 e. The number of unbranched alkanes of at least 4 members (excludes halogenated alkanes) is 48. The van der Waals surface area contributed by atoms with Gasteiger partial charge in [-0.25, -0.2) is 0 Å². The van der Waals surface area contributed by atoms with E-state index in [1.54, 1.807) is 0 Å². The van der Waals surface area contributed by atoms with Gasteiger partial charge in [0.2, 0.25) is 11.0 Å². The van der Waals surface area contributed by atoms with Crippen molar-refractivity contribution in [2.75, 3.05) is 19.8 Å².